The Kier molecular flexibility index (Phi) is 8.53. The maximum absolute atomic E-state index is 13.0. The Balaban J connectivity index is 2.77. The molecule has 1 rings (SSSR count). The Morgan fingerprint density at radius 2 is 1.83 bits per heavy atom. The third-order valence-electron chi connectivity index (χ3n) is 2.77. The first-order valence-corrected chi connectivity index (χ1v) is 9.25. The fraction of sp³-hybridized carbons (Fsp3) is 1.00. The topological polar surface area (TPSA) is 32.8 Å². The monoisotopic (exact) mass is 336 g/mol. The largest absolute Gasteiger partial charge is 0.346 e. The number of hydrogen-bond acceptors (Lipinski definition) is 2. The molecule has 1 aliphatic heterocycles. The zero-order valence-electron chi connectivity index (χ0n) is 10.4. The van der Waals surface area contributed by atoms with Gasteiger partial charge in [-0.15, -0.1) is 34.8 Å². The summed E-state index contributed by atoms with van der Waals surface area (Å²) in [6.07, 6.45) is 1.69. The highest BCUT2D eigenvalue weighted by Crippen LogP contribution is 2.56. The highest BCUT2D eigenvalue weighted by atomic mass is 35.5. The lowest BCUT2D eigenvalue weighted by Gasteiger charge is -2.40. The van der Waals surface area contributed by atoms with Crippen molar-refractivity contribution in [2.24, 2.45) is 0 Å². The molecule has 108 valence electrons. The summed E-state index contributed by atoms with van der Waals surface area (Å²) in [6, 6.07) is 0. The van der Waals surface area contributed by atoms with Gasteiger partial charge in [0.15, 0.2) is 0 Å². The van der Waals surface area contributed by atoms with Gasteiger partial charge in [0.25, 0.3) is 0 Å². The molecule has 0 bridgehead atoms. The van der Waals surface area contributed by atoms with E-state index in [0.717, 1.165) is 19.4 Å². The molecular weight excluding hydrogens is 317 g/mol. The molecule has 0 aromatic heterocycles. The molecule has 0 spiro atoms. The van der Waals surface area contributed by atoms with Crippen LogP contribution in [-0.4, -0.2) is 59.8 Å². The lowest BCUT2D eigenvalue weighted by Crippen LogP contribution is -2.39. The summed E-state index contributed by atoms with van der Waals surface area (Å²) in [5.41, 5.74) is 0. The molecule has 18 heavy (non-hydrogen) atoms. The molecule has 8 heteroatoms. The zero-order chi connectivity index (χ0) is 13.4. The fourth-order valence-corrected chi connectivity index (χ4v) is 5.25. The van der Waals surface area contributed by atoms with E-state index in [1.165, 1.54) is 0 Å². The van der Waals surface area contributed by atoms with Crippen LogP contribution in [0.2, 0.25) is 0 Å². The average molecular weight is 338 g/mol. The van der Waals surface area contributed by atoms with E-state index in [1.807, 2.05) is 4.67 Å². The molecule has 4 nitrogen and oxygen atoms in total. The smallest absolute Gasteiger partial charge is 0.306 e. The van der Waals surface area contributed by atoms with Gasteiger partial charge in [-0.3, -0.25) is 4.57 Å². The van der Waals surface area contributed by atoms with Crippen LogP contribution in [-0.2, 0) is 9.09 Å². The van der Waals surface area contributed by atoms with Crippen molar-refractivity contribution in [1.29, 1.82) is 0 Å². The SMILES string of the molecule is O=P1(N(CCCl)CCCl)OCCCN1CCCCl. The van der Waals surface area contributed by atoms with Gasteiger partial charge >= 0.3 is 7.67 Å². The maximum atomic E-state index is 13.0. The van der Waals surface area contributed by atoms with E-state index in [9.17, 15) is 4.57 Å². The van der Waals surface area contributed by atoms with Crippen LogP contribution >= 0.6 is 42.5 Å². The zero-order valence-corrected chi connectivity index (χ0v) is 13.5. The van der Waals surface area contributed by atoms with E-state index in [1.54, 1.807) is 4.67 Å². The van der Waals surface area contributed by atoms with Crippen molar-refractivity contribution >= 4 is 42.5 Å². The molecule has 1 unspecified atom stereocenters. The van der Waals surface area contributed by atoms with Crippen LogP contribution in [0.3, 0.4) is 0 Å². The molecule has 0 amide bonds. The number of alkyl halides is 3. The van der Waals surface area contributed by atoms with Crippen molar-refractivity contribution in [3.63, 3.8) is 0 Å². The van der Waals surface area contributed by atoms with Crippen molar-refractivity contribution in [3.8, 4) is 0 Å². The van der Waals surface area contributed by atoms with Gasteiger partial charge < -0.3 is 4.52 Å². The Hall–Kier alpha value is 0.980. The van der Waals surface area contributed by atoms with E-state index in [-0.39, 0.29) is 0 Å². The summed E-state index contributed by atoms with van der Waals surface area (Å²) < 4.78 is 22.3. The van der Waals surface area contributed by atoms with Gasteiger partial charge in [-0.2, -0.15) is 0 Å². The molecule has 1 fully saturated rings. The lowest BCUT2D eigenvalue weighted by molar-refractivity contribution is 0.168. The van der Waals surface area contributed by atoms with Crippen LogP contribution in [0.1, 0.15) is 12.8 Å². The molecule has 1 atom stereocenters. The predicted octanol–water partition coefficient (Wildman–Crippen LogP) is 3.23. The van der Waals surface area contributed by atoms with Gasteiger partial charge in [0.2, 0.25) is 0 Å². The summed E-state index contributed by atoms with van der Waals surface area (Å²) in [4.78, 5) is 0. The van der Waals surface area contributed by atoms with Gasteiger partial charge in [0, 0.05) is 43.8 Å². The lowest BCUT2D eigenvalue weighted by atomic mass is 10.4. The third-order valence-corrected chi connectivity index (χ3v) is 6.12. The van der Waals surface area contributed by atoms with Crippen molar-refractivity contribution < 1.29 is 9.09 Å². The molecule has 0 aliphatic carbocycles. The van der Waals surface area contributed by atoms with E-state index in [4.69, 9.17) is 39.3 Å². The van der Waals surface area contributed by atoms with Gasteiger partial charge in [-0.05, 0) is 12.8 Å². The minimum absolute atomic E-state index is 0.410. The first-order chi connectivity index (χ1) is 8.69. The van der Waals surface area contributed by atoms with E-state index >= 15 is 0 Å². The summed E-state index contributed by atoms with van der Waals surface area (Å²) in [6.45, 7) is 3.01. The van der Waals surface area contributed by atoms with E-state index in [0.29, 0.717) is 43.9 Å². The van der Waals surface area contributed by atoms with E-state index in [2.05, 4.69) is 0 Å². The summed E-state index contributed by atoms with van der Waals surface area (Å²) in [5.74, 6) is 1.38. The van der Waals surface area contributed by atoms with Crippen molar-refractivity contribution in [1.82, 2.24) is 9.34 Å². The summed E-state index contributed by atoms with van der Waals surface area (Å²) in [5, 5.41) is 0. The Morgan fingerprint density at radius 1 is 1.17 bits per heavy atom. The molecule has 0 saturated carbocycles. The predicted molar refractivity (Wildman–Crippen MR) is 78.1 cm³/mol. The molecule has 1 saturated heterocycles. The van der Waals surface area contributed by atoms with E-state index < -0.39 is 7.67 Å². The fourth-order valence-electron chi connectivity index (χ4n) is 1.94. The molecule has 0 N–H and O–H groups in total. The molecule has 1 heterocycles. The second-order valence-electron chi connectivity index (χ2n) is 4.01. The third kappa shape index (κ3) is 4.52. The summed E-state index contributed by atoms with van der Waals surface area (Å²) >= 11 is 17.2. The molecule has 1 aliphatic rings. The maximum Gasteiger partial charge on any atom is 0.346 e. The normalized spacial score (nSPS) is 25.8. The van der Waals surface area contributed by atoms with Crippen LogP contribution in [0.15, 0.2) is 0 Å². The molecule has 0 radical (unpaired) electrons. The second kappa shape index (κ2) is 9.02. The van der Waals surface area contributed by atoms with Crippen molar-refractivity contribution in [2.75, 3.05) is 50.4 Å². The minimum Gasteiger partial charge on any atom is -0.306 e. The van der Waals surface area contributed by atoms with Crippen molar-refractivity contribution in [3.05, 3.63) is 0 Å². The first-order valence-electron chi connectivity index (χ1n) is 6.12. The van der Waals surface area contributed by atoms with Gasteiger partial charge in [-0.25, -0.2) is 9.34 Å². The molecule has 0 aromatic carbocycles. The van der Waals surface area contributed by atoms with Gasteiger partial charge in [0.1, 0.15) is 0 Å². The number of hydrogen-bond donors (Lipinski definition) is 0. The Bertz CT molecular complexity index is 278. The van der Waals surface area contributed by atoms with Crippen LogP contribution in [0, 0.1) is 0 Å². The van der Waals surface area contributed by atoms with Crippen molar-refractivity contribution in [2.45, 2.75) is 12.8 Å². The number of nitrogens with zero attached hydrogens (tertiary/aromatic N) is 2. The Morgan fingerprint density at radius 3 is 2.39 bits per heavy atom. The van der Waals surface area contributed by atoms with Gasteiger partial charge in [0.05, 0.1) is 6.61 Å². The highest BCUT2D eigenvalue weighted by Gasteiger charge is 2.40. The number of rotatable bonds is 8. The average Bonchev–Trinajstić information content (AvgIpc) is 2.37. The van der Waals surface area contributed by atoms with Crippen LogP contribution in [0.25, 0.3) is 0 Å². The molecule has 0 aromatic rings. The summed E-state index contributed by atoms with van der Waals surface area (Å²) in [7, 11) is -2.96. The minimum atomic E-state index is -2.96. The van der Waals surface area contributed by atoms with Crippen LogP contribution in [0.4, 0.5) is 0 Å². The standard InChI is InChI=1S/C10H20Cl3N2O2P/c11-3-1-6-14-7-2-10-17-18(14,16)15(8-4-12)9-5-13/h1-10H2. The quantitative estimate of drug-likeness (QED) is 0.503. The van der Waals surface area contributed by atoms with Gasteiger partial charge in [-0.1, -0.05) is 0 Å². The number of halogens is 3. The second-order valence-corrected chi connectivity index (χ2v) is 7.51. The first kappa shape index (κ1) is 17.0. The van der Waals surface area contributed by atoms with Crippen LogP contribution in [0.5, 0.6) is 0 Å². The highest BCUT2D eigenvalue weighted by molar-refractivity contribution is 7.54. The van der Waals surface area contributed by atoms with Crippen LogP contribution < -0.4 is 0 Å². The molecular formula is C10H20Cl3N2O2P. The Labute approximate surface area is 124 Å².